The Balaban J connectivity index is 1.62. The summed E-state index contributed by atoms with van der Waals surface area (Å²) in [5, 5.41) is 0.499. The summed E-state index contributed by atoms with van der Waals surface area (Å²) in [6, 6.07) is 6.34. The fourth-order valence-electron chi connectivity index (χ4n) is 2.43. The lowest BCUT2D eigenvalue weighted by Gasteiger charge is -2.37. The first-order valence-electron chi connectivity index (χ1n) is 6.83. The Kier molecular flexibility index (Phi) is 3.25. The van der Waals surface area contributed by atoms with Crippen molar-refractivity contribution in [3.05, 3.63) is 35.4 Å². The van der Waals surface area contributed by atoms with E-state index >= 15 is 0 Å². The molecule has 6 nitrogen and oxygen atoms in total. The van der Waals surface area contributed by atoms with Gasteiger partial charge in [-0.05, 0) is 38.3 Å². The van der Waals surface area contributed by atoms with Crippen molar-refractivity contribution in [1.82, 2.24) is 5.06 Å². The molecule has 2 amide bonds. The molecule has 0 aromatic heterocycles. The average Bonchev–Trinajstić information content (AvgIpc) is 2.69. The lowest BCUT2D eigenvalue weighted by molar-refractivity contribution is -0.183. The van der Waals surface area contributed by atoms with Crippen molar-refractivity contribution in [1.29, 1.82) is 0 Å². The molecule has 1 saturated carbocycles. The molecule has 0 spiro atoms. The quantitative estimate of drug-likeness (QED) is 0.789. The number of fused-ring (bicyclic) bond motifs is 1. The second-order valence-corrected chi connectivity index (χ2v) is 5.51. The number of carbonyl (C=O) groups is 3. The van der Waals surface area contributed by atoms with Gasteiger partial charge in [0.25, 0.3) is 11.8 Å². The minimum atomic E-state index is -0.752. The van der Waals surface area contributed by atoms with Crippen LogP contribution in [0.3, 0.4) is 0 Å². The molecule has 0 radical (unpaired) electrons. The van der Waals surface area contributed by atoms with E-state index in [4.69, 9.17) is 9.57 Å². The topological polar surface area (TPSA) is 72.9 Å². The first-order chi connectivity index (χ1) is 10.0. The van der Waals surface area contributed by atoms with Crippen molar-refractivity contribution in [3.63, 3.8) is 0 Å². The normalized spacial score (nSPS) is 19.2. The molecule has 2 aliphatic rings. The van der Waals surface area contributed by atoms with Crippen LogP contribution < -0.4 is 0 Å². The van der Waals surface area contributed by atoms with Gasteiger partial charge in [-0.2, -0.15) is 0 Å². The van der Waals surface area contributed by atoms with E-state index in [1.54, 1.807) is 12.1 Å². The van der Waals surface area contributed by atoms with Gasteiger partial charge in [0.05, 0.1) is 16.7 Å². The second-order valence-electron chi connectivity index (χ2n) is 5.51. The molecule has 1 heterocycles. The Labute approximate surface area is 121 Å². The largest absolute Gasteiger partial charge is 0.364 e. The lowest BCUT2D eigenvalue weighted by Crippen LogP contribution is -2.40. The molecule has 0 unspecified atom stereocenters. The minimum absolute atomic E-state index is 0.238. The number of carbonyl (C=O) groups excluding carboxylic acids is 3. The van der Waals surface area contributed by atoms with E-state index in [0.717, 1.165) is 19.3 Å². The number of hydrogen-bond donors (Lipinski definition) is 0. The van der Waals surface area contributed by atoms with Gasteiger partial charge in [-0.1, -0.05) is 17.2 Å². The van der Waals surface area contributed by atoms with E-state index in [-0.39, 0.29) is 23.3 Å². The van der Waals surface area contributed by atoms with Crippen molar-refractivity contribution in [2.75, 3.05) is 6.61 Å². The van der Waals surface area contributed by atoms with Gasteiger partial charge >= 0.3 is 5.97 Å². The lowest BCUT2D eigenvalue weighted by atomic mass is 9.82. The zero-order valence-electron chi connectivity index (χ0n) is 11.6. The number of nitrogens with zero attached hydrogens (tertiary/aromatic N) is 1. The molecule has 110 valence electrons. The molecular formula is C15H15NO5. The van der Waals surface area contributed by atoms with Gasteiger partial charge in [-0.15, -0.1) is 0 Å². The molecule has 0 atom stereocenters. The molecule has 1 fully saturated rings. The number of hydroxylamine groups is 2. The van der Waals surface area contributed by atoms with Crippen LogP contribution in [0.25, 0.3) is 0 Å². The highest BCUT2D eigenvalue weighted by molar-refractivity contribution is 6.20. The summed E-state index contributed by atoms with van der Waals surface area (Å²) in [4.78, 5) is 40.6. The third-order valence-electron chi connectivity index (χ3n) is 3.90. The van der Waals surface area contributed by atoms with Crippen LogP contribution in [0.2, 0.25) is 0 Å². The van der Waals surface area contributed by atoms with Crippen LogP contribution in [0.1, 0.15) is 46.9 Å². The van der Waals surface area contributed by atoms with E-state index in [1.165, 1.54) is 12.1 Å². The predicted octanol–water partition coefficient (Wildman–Crippen LogP) is 1.70. The Morgan fingerprint density at radius 2 is 1.76 bits per heavy atom. The standard InChI is InChI=1S/C15H15NO5/c1-15(7-4-8-15)20-9-12(17)21-16-13(18)10-5-2-3-6-11(10)14(16)19/h2-3,5-6H,4,7-9H2,1H3. The molecule has 0 N–H and O–H groups in total. The highest BCUT2D eigenvalue weighted by Crippen LogP contribution is 2.34. The van der Waals surface area contributed by atoms with Crippen LogP contribution in [-0.2, 0) is 14.4 Å². The van der Waals surface area contributed by atoms with Crippen LogP contribution in [0.15, 0.2) is 24.3 Å². The number of imide groups is 1. The summed E-state index contributed by atoms with van der Waals surface area (Å²) in [5.74, 6) is -2.00. The van der Waals surface area contributed by atoms with E-state index in [2.05, 4.69) is 0 Å². The van der Waals surface area contributed by atoms with Crippen molar-refractivity contribution in [2.24, 2.45) is 0 Å². The maximum absolute atomic E-state index is 12.0. The number of rotatable bonds is 4. The van der Waals surface area contributed by atoms with Gasteiger partial charge < -0.3 is 9.57 Å². The van der Waals surface area contributed by atoms with Crippen LogP contribution in [0.4, 0.5) is 0 Å². The number of ether oxygens (including phenoxy) is 1. The summed E-state index contributed by atoms with van der Waals surface area (Å²) in [6.07, 6.45) is 2.87. The maximum Gasteiger partial charge on any atom is 0.358 e. The monoisotopic (exact) mass is 289 g/mol. The smallest absolute Gasteiger partial charge is 0.358 e. The van der Waals surface area contributed by atoms with Crippen molar-refractivity contribution in [3.8, 4) is 0 Å². The Morgan fingerprint density at radius 1 is 1.19 bits per heavy atom. The Bertz CT molecular complexity index is 585. The van der Waals surface area contributed by atoms with E-state index in [9.17, 15) is 14.4 Å². The van der Waals surface area contributed by atoms with Crippen LogP contribution >= 0.6 is 0 Å². The molecular weight excluding hydrogens is 274 g/mol. The average molecular weight is 289 g/mol. The Hall–Kier alpha value is -2.21. The maximum atomic E-state index is 12.0. The Morgan fingerprint density at radius 3 is 2.24 bits per heavy atom. The fourth-order valence-corrected chi connectivity index (χ4v) is 2.43. The number of amides is 2. The SMILES string of the molecule is CC1(OCC(=O)ON2C(=O)c3ccccc3C2=O)CCC1. The third-order valence-corrected chi connectivity index (χ3v) is 3.90. The zero-order valence-corrected chi connectivity index (χ0v) is 11.6. The van der Waals surface area contributed by atoms with Crippen LogP contribution in [0.5, 0.6) is 0 Å². The molecule has 6 heteroatoms. The van der Waals surface area contributed by atoms with Gasteiger partial charge in [0.2, 0.25) is 0 Å². The van der Waals surface area contributed by atoms with Gasteiger partial charge in [0, 0.05) is 0 Å². The van der Waals surface area contributed by atoms with Gasteiger partial charge in [-0.25, -0.2) is 4.79 Å². The van der Waals surface area contributed by atoms with E-state index in [1.807, 2.05) is 6.92 Å². The molecule has 0 bridgehead atoms. The highest BCUT2D eigenvalue weighted by atomic mass is 16.7. The van der Waals surface area contributed by atoms with E-state index < -0.39 is 17.8 Å². The van der Waals surface area contributed by atoms with Crippen molar-refractivity contribution in [2.45, 2.75) is 31.8 Å². The zero-order chi connectivity index (χ0) is 15.0. The van der Waals surface area contributed by atoms with Crippen molar-refractivity contribution >= 4 is 17.8 Å². The molecule has 0 saturated heterocycles. The number of hydrogen-bond acceptors (Lipinski definition) is 5. The predicted molar refractivity (Wildman–Crippen MR) is 71.2 cm³/mol. The summed E-state index contributed by atoms with van der Waals surface area (Å²) in [6.45, 7) is 1.65. The summed E-state index contributed by atoms with van der Waals surface area (Å²) >= 11 is 0. The van der Waals surface area contributed by atoms with E-state index in [0.29, 0.717) is 5.06 Å². The summed E-state index contributed by atoms with van der Waals surface area (Å²) in [5.41, 5.74) is 0.186. The molecule has 1 aromatic carbocycles. The molecule has 21 heavy (non-hydrogen) atoms. The van der Waals surface area contributed by atoms with Gasteiger partial charge in [0.1, 0.15) is 6.61 Å². The molecule has 3 rings (SSSR count). The summed E-state index contributed by atoms with van der Waals surface area (Å²) < 4.78 is 5.46. The second kappa shape index (κ2) is 4.96. The third kappa shape index (κ3) is 2.42. The van der Waals surface area contributed by atoms with Crippen molar-refractivity contribution < 1.29 is 24.0 Å². The highest BCUT2D eigenvalue weighted by Gasteiger charge is 2.39. The molecule has 1 aromatic rings. The summed E-state index contributed by atoms with van der Waals surface area (Å²) in [7, 11) is 0. The first-order valence-corrected chi connectivity index (χ1v) is 6.83. The van der Waals surface area contributed by atoms with Crippen LogP contribution in [0, 0.1) is 0 Å². The van der Waals surface area contributed by atoms with Gasteiger partial charge in [-0.3, -0.25) is 9.59 Å². The first kappa shape index (κ1) is 13.8. The van der Waals surface area contributed by atoms with Crippen LogP contribution in [-0.4, -0.2) is 35.1 Å². The fraction of sp³-hybridized carbons (Fsp3) is 0.400. The molecule has 1 aliphatic carbocycles. The minimum Gasteiger partial charge on any atom is -0.364 e. The molecule has 1 aliphatic heterocycles. The van der Waals surface area contributed by atoms with Gasteiger partial charge in [0.15, 0.2) is 0 Å². The number of benzene rings is 1.